The van der Waals surface area contributed by atoms with Crippen molar-refractivity contribution in [3.63, 3.8) is 0 Å². The van der Waals surface area contributed by atoms with Crippen LogP contribution in [0, 0.1) is 0 Å². The van der Waals surface area contributed by atoms with Gasteiger partial charge in [-0.2, -0.15) is 0 Å². The summed E-state index contributed by atoms with van der Waals surface area (Å²) in [6.07, 6.45) is -1.27. The van der Waals surface area contributed by atoms with Crippen molar-refractivity contribution in [2.75, 3.05) is 7.11 Å². The molecule has 1 aliphatic heterocycles. The van der Waals surface area contributed by atoms with Crippen LogP contribution in [-0.4, -0.2) is 35.1 Å². The number of rotatable bonds is 6. The van der Waals surface area contributed by atoms with E-state index in [1.165, 1.54) is 4.90 Å². The number of amidine groups is 1. The van der Waals surface area contributed by atoms with Crippen molar-refractivity contribution < 1.29 is 19.4 Å². The van der Waals surface area contributed by atoms with Crippen molar-refractivity contribution in [3.8, 4) is 11.5 Å². The first-order valence-corrected chi connectivity index (χ1v) is 11.9. The van der Waals surface area contributed by atoms with Crippen molar-refractivity contribution in [3.05, 3.63) is 93.5 Å². The molecule has 0 aromatic heterocycles. The van der Waals surface area contributed by atoms with Crippen molar-refractivity contribution in [1.29, 1.82) is 0 Å². The molecule has 0 spiro atoms. The van der Waals surface area contributed by atoms with Crippen LogP contribution in [0.3, 0.4) is 0 Å². The summed E-state index contributed by atoms with van der Waals surface area (Å²) in [6.45, 7) is 5.73. The quantitative estimate of drug-likeness (QED) is 0.379. The summed E-state index contributed by atoms with van der Waals surface area (Å²) in [5, 5.41) is 11.6. The highest BCUT2D eigenvalue weighted by Gasteiger charge is 2.51. The lowest BCUT2D eigenvalue weighted by Crippen LogP contribution is -2.40. The van der Waals surface area contributed by atoms with Crippen LogP contribution in [0.2, 0.25) is 10.0 Å². The predicted octanol–water partition coefficient (Wildman–Crippen LogP) is 7.19. The van der Waals surface area contributed by atoms with E-state index in [-0.39, 0.29) is 11.9 Å². The van der Waals surface area contributed by atoms with Crippen LogP contribution in [0.4, 0.5) is 4.79 Å². The lowest BCUT2D eigenvalue weighted by molar-refractivity contribution is 0.147. The van der Waals surface area contributed by atoms with Crippen molar-refractivity contribution in [2.24, 2.45) is 4.99 Å². The van der Waals surface area contributed by atoms with Gasteiger partial charge >= 0.3 is 6.09 Å². The molecule has 2 atom stereocenters. The Morgan fingerprint density at radius 2 is 1.63 bits per heavy atom. The molecular weight excluding hydrogens is 487 g/mol. The van der Waals surface area contributed by atoms with E-state index in [2.05, 4.69) is 0 Å². The van der Waals surface area contributed by atoms with Crippen LogP contribution in [-0.2, 0) is 5.54 Å². The fraction of sp³-hybridized carbons (Fsp3) is 0.259. The fourth-order valence-corrected chi connectivity index (χ4v) is 4.65. The van der Waals surface area contributed by atoms with Crippen LogP contribution in [0.15, 0.2) is 71.7 Å². The molecule has 1 aliphatic rings. The number of nitrogens with zero attached hydrogens (tertiary/aromatic N) is 2. The van der Waals surface area contributed by atoms with E-state index in [4.69, 9.17) is 37.7 Å². The number of amides is 1. The smallest absolute Gasteiger partial charge is 0.413 e. The van der Waals surface area contributed by atoms with Crippen molar-refractivity contribution >= 4 is 35.1 Å². The van der Waals surface area contributed by atoms with Crippen molar-refractivity contribution in [1.82, 2.24) is 4.90 Å². The third-order valence-corrected chi connectivity index (χ3v) is 6.47. The number of ether oxygens (including phenoxy) is 2. The number of methoxy groups -OCH3 is 1. The molecule has 0 bridgehead atoms. The van der Waals surface area contributed by atoms with Gasteiger partial charge < -0.3 is 14.6 Å². The number of carbonyl (C=O) groups is 1. The first-order valence-electron chi connectivity index (χ1n) is 11.1. The monoisotopic (exact) mass is 512 g/mol. The number of benzene rings is 3. The van der Waals surface area contributed by atoms with E-state index < -0.39 is 17.7 Å². The Kier molecular flexibility index (Phi) is 6.97. The van der Waals surface area contributed by atoms with Gasteiger partial charge in [0.05, 0.1) is 24.8 Å². The number of aliphatic imine (C=N–C) groups is 1. The molecule has 0 radical (unpaired) electrons. The zero-order chi connectivity index (χ0) is 25.3. The highest BCUT2D eigenvalue weighted by Crippen LogP contribution is 2.49. The van der Waals surface area contributed by atoms with Crippen LogP contribution in [0.25, 0.3) is 0 Å². The van der Waals surface area contributed by atoms with Crippen LogP contribution < -0.4 is 9.47 Å². The van der Waals surface area contributed by atoms with E-state index in [1.807, 2.05) is 45.0 Å². The number of carboxylic acid groups (broad SMARTS) is 1. The lowest BCUT2D eigenvalue weighted by Gasteiger charge is -2.34. The van der Waals surface area contributed by atoms with Gasteiger partial charge in [-0.15, -0.1) is 0 Å². The normalized spacial score (nSPS) is 19.6. The molecule has 0 saturated carbocycles. The Morgan fingerprint density at radius 1 is 1.03 bits per heavy atom. The number of halogens is 2. The summed E-state index contributed by atoms with van der Waals surface area (Å²) in [6, 6.07) is 19.1. The minimum Gasteiger partial charge on any atom is -0.497 e. The van der Waals surface area contributed by atoms with E-state index >= 15 is 0 Å². The topological polar surface area (TPSA) is 71.4 Å². The standard InChI is InChI=1S/C27H26Cl2N2O4/c1-16(2)35-23-15-21(34-4)13-14-22(23)25-30-27(3,18-7-11-20(29)12-8-18)24(31(25)26(32)33)17-5-9-19(28)10-6-17/h5-16,24H,1-4H3,(H,32,33). The summed E-state index contributed by atoms with van der Waals surface area (Å²) in [7, 11) is 1.57. The third kappa shape index (κ3) is 4.81. The lowest BCUT2D eigenvalue weighted by atomic mass is 9.81. The molecule has 0 fully saturated rings. The molecule has 0 aliphatic carbocycles. The summed E-state index contributed by atoms with van der Waals surface area (Å²) < 4.78 is 11.4. The van der Waals surface area contributed by atoms with Gasteiger partial charge in [-0.3, -0.25) is 9.89 Å². The van der Waals surface area contributed by atoms with Gasteiger partial charge in [0.1, 0.15) is 22.9 Å². The van der Waals surface area contributed by atoms with Crippen LogP contribution in [0.1, 0.15) is 43.5 Å². The predicted molar refractivity (Wildman–Crippen MR) is 138 cm³/mol. The van der Waals surface area contributed by atoms with Gasteiger partial charge in [0.15, 0.2) is 0 Å². The molecule has 1 amide bonds. The molecule has 1 N–H and O–H groups in total. The Balaban J connectivity index is 1.97. The minimum atomic E-state index is -1.13. The average molecular weight is 513 g/mol. The molecule has 6 nitrogen and oxygen atoms in total. The largest absolute Gasteiger partial charge is 0.497 e. The highest BCUT2D eigenvalue weighted by atomic mass is 35.5. The first kappa shape index (κ1) is 24.9. The van der Waals surface area contributed by atoms with E-state index in [0.29, 0.717) is 27.1 Å². The second kappa shape index (κ2) is 9.80. The fourth-order valence-electron chi connectivity index (χ4n) is 4.39. The molecule has 3 aromatic carbocycles. The van der Waals surface area contributed by atoms with E-state index in [0.717, 1.165) is 11.1 Å². The maximum atomic E-state index is 12.8. The zero-order valence-electron chi connectivity index (χ0n) is 19.8. The van der Waals surface area contributed by atoms with E-state index in [1.54, 1.807) is 49.6 Å². The molecule has 182 valence electrons. The zero-order valence-corrected chi connectivity index (χ0v) is 21.3. The third-order valence-electron chi connectivity index (χ3n) is 5.97. The molecule has 1 heterocycles. The molecule has 4 rings (SSSR count). The van der Waals surface area contributed by atoms with Gasteiger partial charge in [0, 0.05) is 16.1 Å². The molecule has 3 aromatic rings. The maximum Gasteiger partial charge on any atom is 0.413 e. The average Bonchev–Trinajstić information content (AvgIpc) is 3.13. The van der Waals surface area contributed by atoms with Gasteiger partial charge in [-0.05, 0) is 68.3 Å². The molecule has 2 unspecified atom stereocenters. The summed E-state index contributed by atoms with van der Waals surface area (Å²) >= 11 is 12.3. The molecule has 8 heteroatoms. The minimum absolute atomic E-state index is 0.143. The Morgan fingerprint density at radius 3 is 2.17 bits per heavy atom. The summed E-state index contributed by atoms with van der Waals surface area (Å²) in [4.78, 5) is 19.2. The Hall–Kier alpha value is -3.22. The van der Waals surface area contributed by atoms with Crippen LogP contribution >= 0.6 is 23.2 Å². The van der Waals surface area contributed by atoms with Crippen LogP contribution in [0.5, 0.6) is 11.5 Å². The van der Waals surface area contributed by atoms with Gasteiger partial charge in [-0.1, -0.05) is 47.5 Å². The second-order valence-corrected chi connectivity index (χ2v) is 9.60. The maximum absolute atomic E-state index is 12.8. The SMILES string of the molecule is COc1ccc(C2=NC(C)(c3ccc(Cl)cc3)C(c3ccc(Cl)cc3)N2C(=O)O)c(OC(C)C)c1. The van der Waals surface area contributed by atoms with E-state index in [9.17, 15) is 9.90 Å². The Labute approximate surface area is 214 Å². The molecular formula is C27H26Cl2N2O4. The number of hydrogen-bond donors (Lipinski definition) is 1. The molecule has 0 saturated heterocycles. The second-order valence-electron chi connectivity index (χ2n) is 8.73. The van der Waals surface area contributed by atoms with Gasteiger partial charge in [0.25, 0.3) is 0 Å². The summed E-state index contributed by atoms with van der Waals surface area (Å²) in [5.74, 6) is 1.37. The first-order chi connectivity index (χ1) is 16.6. The van der Waals surface area contributed by atoms with Crippen molar-refractivity contribution in [2.45, 2.75) is 38.5 Å². The molecule has 35 heavy (non-hydrogen) atoms. The summed E-state index contributed by atoms with van der Waals surface area (Å²) in [5.41, 5.74) is 1.18. The number of hydrogen-bond acceptors (Lipinski definition) is 4. The highest BCUT2D eigenvalue weighted by molar-refractivity contribution is 6.30. The Bertz CT molecular complexity index is 1260. The van der Waals surface area contributed by atoms with Gasteiger partial charge in [-0.25, -0.2) is 4.79 Å². The van der Waals surface area contributed by atoms with Gasteiger partial charge in [0.2, 0.25) is 0 Å².